The largest absolute Gasteiger partial charge is 0.434 e. The van der Waals surface area contributed by atoms with Crippen LogP contribution < -0.4 is 10.6 Å². The Kier molecular flexibility index (Phi) is 8.31. The number of rotatable bonds is 9. The van der Waals surface area contributed by atoms with Crippen molar-refractivity contribution < 1.29 is 27.1 Å². The minimum atomic E-state index is -4.61. The Labute approximate surface area is 235 Å². The van der Waals surface area contributed by atoms with Crippen molar-refractivity contribution in [2.45, 2.75) is 26.3 Å². The van der Waals surface area contributed by atoms with E-state index in [0.717, 1.165) is 22.3 Å². The van der Waals surface area contributed by atoms with Crippen molar-refractivity contribution >= 4 is 23.2 Å². The number of pyridine rings is 2. The molecule has 5 aromatic rings. The molecule has 0 aliphatic rings. The van der Waals surface area contributed by atoms with Crippen LogP contribution in [0.1, 0.15) is 24.1 Å². The molecule has 0 bridgehead atoms. The van der Waals surface area contributed by atoms with Gasteiger partial charge in [0, 0.05) is 47.2 Å². The van der Waals surface area contributed by atoms with Crippen molar-refractivity contribution in [2.24, 2.45) is 0 Å². The van der Waals surface area contributed by atoms with Gasteiger partial charge in [0.2, 0.25) is 11.8 Å². The number of nitrogens with one attached hydrogen (secondary N) is 2. The van der Waals surface area contributed by atoms with Crippen LogP contribution in [0.15, 0.2) is 70.9 Å². The van der Waals surface area contributed by atoms with Gasteiger partial charge in [-0.15, -0.1) is 21.5 Å². The van der Waals surface area contributed by atoms with Crippen LogP contribution in [0, 0.1) is 0 Å². The van der Waals surface area contributed by atoms with E-state index in [9.17, 15) is 18.0 Å². The van der Waals surface area contributed by atoms with Crippen LogP contribution in [0.2, 0.25) is 0 Å². The van der Waals surface area contributed by atoms with E-state index in [2.05, 4.69) is 35.8 Å². The van der Waals surface area contributed by atoms with Crippen LogP contribution in [0.25, 0.3) is 33.2 Å². The average molecular weight is 582 g/mol. The van der Waals surface area contributed by atoms with Crippen LogP contribution in [0.4, 0.5) is 23.8 Å². The number of urea groups is 1. The Morgan fingerprint density at radius 1 is 1.02 bits per heavy atom. The van der Waals surface area contributed by atoms with E-state index < -0.39 is 17.9 Å². The Morgan fingerprint density at radius 3 is 2.59 bits per heavy atom. The van der Waals surface area contributed by atoms with Crippen molar-refractivity contribution in [3.8, 4) is 33.2 Å². The van der Waals surface area contributed by atoms with Gasteiger partial charge < -0.3 is 14.5 Å². The summed E-state index contributed by atoms with van der Waals surface area (Å²) in [6.45, 7) is 2.62. The summed E-state index contributed by atoms with van der Waals surface area (Å²) in [6.07, 6.45) is -0.122. The molecule has 0 unspecified atom stereocenters. The smallest absolute Gasteiger partial charge is 0.418 e. The maximum Gasteiger partial charge on any atom is 0.434 e. The van der Waals surface area contributed by atoms with Gasteiger partial charge in [0.25, 0.3) is 0 Å². The molecular weight excluding hydrogens is 559 g/mol. The van der Waals surface area contributed by atoms with Crippen molar-refractivity contribution in [2.75, 3.05) is 11.9 Å². The van der Waals surface area contributed by atoms with Gasteiger partial charge in [0.05, 0.1) is 12.2 Å². The monoisotopic (exact) mass is 581 g/mol. The lowest BCUT2D eigenvalue weighted by atomic mass is 10.0. The number of alkyl halides is 3. The summed E-state index contributed by atoms with van der Waals surface area (Å²) in [5.74, 6) is 0.599. The number of ether oxygens (including phenoxy) is 1. The fourth-order valence-corrected chi connectivity index (χ4v) is 4.60. The SMILES string of the molecule is CCNC(=O)Nc1cc(-c2nc(C(F)(F)F)cs2)c(-c2cncc(-c3nnc(COCc4ccccc4)o3)c2)cn1. The zero-order chi connectivity index (χ0) is 28.8. The molecule has 4 aromatic heterocycles. The summed E-state index contributed by atoms with van der Waals surface area (Å²) in [7, 11) is 0. The van der Waals surface area contributed by atoms with Gasteiger partial charge in [-0.05, 0) is 24.6 Å². The molecule has 0 aliphatic heterocycles. The Morgan fingerprint density at radius 2 is 1.83 bits per heavy atom. The number of amides is 2. The number of thiazole rings is 1. The lowest BCUT2D eigenvalue weighted by molar-refractivity contribution is -0.140. The predicted octanol–water partition coefficient (Wildman–Crippen LogP) is 6.19. The standard InChI is InChI=1S/C27H22F3N7O3S/c1-2-32-26(38)35-22-9-19(25-34-21(15-41-25)27(28,29)30)20(12-33-22)17-8-18(11-31-10-17)24-37-36-23(40-24)14-39-13-16-6-4-3-5-7-16/h3-12,15H,2,13-14H2,1H3,(H2,32,33,35,38). The molecule has 0 atom stereocenters. The fourth-order valence-electron chi connectivity index (χ4n) is 3.74. The summed E-state index contributed by atoms with van der Waals surface area (Å²) in [5.41, 5.74) is 1.75. The maximum atomic E-state index is 13.3. The van der Waals surface area contributed by atoms with Gasteiger partial charge in [-0.2, -0.15) is 13.2 Å². The number of carbonyl (C=O) groups is 1. The normalized spacial score (nSPS) is 11.4. The number of nitrogens with zero attached hydrogens (tertiary/aromatic N) is 5. The number of hydrogen-bond acceptors (Lipinski definition) is 9. The number of halogens is 3. The number of anilines is 1. The van der Waals surface area contributed by atoms with E-state index in [1.54, 1.807) is 13.0 Å². The summed E-state index contributed by atoms with van der Waals surface area (Å²) in [5, 5.41) is 14.3. The van der Waals surface area contributed by atoms with E-state index in [1.807, 2.05) is 30.3 Å². The molecule has 0 saturated heterocycles. The molecule has 10 nitrogen and oxygen atoms in total. The zero-order valence-electron chi connectivity index (χ0n) is 21.5. The highest BCUT2D eigenvalue weighted by atomic mass is 32.1. The van der Waals surface area contributed by atoms with Crippen molar-refractivity contribution in [3.63, 3.8) is 0 Å². The van der Waals surface area contributed by atoms with Gasteiger partial charge in [-0.25, -0.2) is 14.8 Å². The highest BCUT2D eigenvalue weighted by Gasteiger charge is 2.34. The molecule has 5 rings (SSSR count). The highest BCUT2D eigenvalue weighted by Crippen LogP contribution is 2.39. The zero-order valence-corrected chi connectivity index (χ0v) is 22.3. The van der Waals surface area contributed by atoms with Crippen LogP contribution in [-0.2, 0) is 24.1 Å². The van der Waals surface area contributed by atoms with Gasteiger partial charge in [0.1, 0.15) is 17.4 Å². The van der Waals surface area contributed by atoms with E-state index in [4.69, 9.17) is 9.15 Å². The molecular formula is C27H22F3N7O3S. The molecule has 2 N–H and O–H groups in total. The molecule has 0 aliphatic carbocycles. The quantitative estimate of drug-likeness (QED) is 0.211. The molecule has 210 valence electrons. The first-order chi connectivity index (χ1) is 19.8. The van der Waals surface area contributed by atoms with E-state index in [0.29, 0.717) is 35.4 Å². The molecule has 0 fully saturated rings. The Hall–Kier alpha value is -4.69. The van der Waals surface area contributed by atoms with Gasteiger partial charge in [-0.3, -0.25) is 10.3 Å². The molecule has 14 heteroatoms. The first-order valence-corrected chi connectivity index (χ1v) is 13.2. The Bertz CT molecular complexity index is 1640. The molecule has 4 heterocycles. The second kappa shape index (κ2) is 12.2. The maximum absolute atomic E-state index is 13.3. The molecule has 2 amide bonds. The summed E-state index contributed by atoms with van der Waals surface area (Å²) >= 11 is 0.824. The molecule has 0 radical (unpaired) electrons. The third kappa shape index (κ3) is 6.91. The average Bonchev–Trinajstić information content (AvgIpc) is 3.65. The van der Waals surface area contributed by atoms with Gasteiger partial charge in [-0.1, -0.05) is 30.3 Å². The van der Waals surface area contributed by atoms with E-state index >= 15 is 0 Å². The summed E-state index contributed by atoms with van der Waals surface area (Å²) < 4.78 is 51.3. The Balaban J connectivity index is 1.42. The van der Waals surface area contributed by atoms with Crippen molar-refractivity contribution in [3.05, 3.63) is 83.6 Å². The first kappa shape index (κ1) is 27.9. The fraction of sp³-hybridized carbons (Fsp3) is 0.185. The third-order valence-electron chi connectivity index (χ3n) is 5.61. The number of carbonyl (C=O) groups excluding carboxylic acids is 1. The first-order valence-electron chi connectivity index (χ1n) is 12.3. The predicted molar refractivity (Wildman–Crippen MR) is 145 cm³/mol. The lowest BCUT2D eigenvalue weighted by Crippen LogP contribution is -2.28. The van der Waals surface area contributed by atoms with Crippen LogP contribution in [0.3, 0.4) is 0 Å². The topological polar surface area (TPSA) is 128 Å². The number of hydrogen-bond donors (Lipinski definition) is 2. The molecule has 0 saturated carbocycles. The second-order valence-corrected chi connectivity index (χ2v) is 9.43. The number of aromatic nitrogens is 5. The van der Waals surface area contributed by atoms with Crippen molar-refractivity contribution in [1.29, 1.82) is 0 Å². The van der Waals surface area contributed by atoms with Crippen LogP contribution >= 0.6 is 11.3 Å². The van der Waals surface area contributed by atoms with E-state index in [1.165, 1.54) is 24.7 Å². The molecule has 41 heavy (non-hydrogen) atoms. The second-order valence-electron chi connectivity index (χ2n) is 8.58. The summed E-state index contributed by atoms with van der Waals surface area (Å²) in [4.78, 5) is 24.3. The summed E-state index contributed by atoms with van der Waals surface area (Å²) in [6, 6.07) is 12.3. The number of benzene rings is 1. The van der Waals surface area contributed by atoms with Gasteiger partial charge >= 0.3 is 12.2 Å². The van der Waals surface area contributed by atoms with Crippen LogP contribution in [-0.4, -0.2) is 37.7 Å². The highest BCUT2D eigenvalue weighted by molar-refractivity contribution is 7.13. The van der Waals surface area contributed by atoms with Gasteiger partial charge in [0.15, 0.2) is 5.69 Å². The third-order valence-corrected chi connectivity index (χ3v) is 6.48. The lowest BCUT2D eigenvalue weighted by Gasteiger charge is -2.11. The molecule has 0 spiro atoms. The van der Waals surface area contributed by atoms with Crippen LogP contribution in [0.5, 0.6) is 0 Å². The van der Waals surface area contributed by atoms with E-state index in [-0.39, 0.29) is 29.2 Å². The minimum Gasteiger partial charge on any atom is -0.418 e. The minimum absolute atomic E-state index is 0.0923. The molecule has 1 aromatic carbocycles. The van der Waals surface area contributed by atoms with Crippen molar-refractivity contribution in [1.82, 2.24) is 30.5 Å².